The Bertz CT molecular complexity index is 341. The summed E-state index contributed by atoms with van der Waals surface area (Å²) in [6.07, 6.45) is 0.277. The number of amides is 1. The maximum atomic E-state index is 10.7. The molecule has 1 amide bonds. The number of hydrogen-bond acceptors (Lipinski definition) is 4. The predicted molar refractivity (Wildman–Crippen MR) is 57.7 cm³/mol. The van der Waals surface area contributed by atoms with Gasteiger partial charge >= 0.3 is 0 Å². The lowest BCUT2D eigenvalue weighted by Gasteiger charge is -2.12. The molecule has 1 aromatic rings. The zero-order chi connectivity index (χ0) is 11.3. The van der Waals surface area contributed by atoms with Gasteiger partial charge in [-0.25, -0.2) is 0 Å². The summed E-state index contributed by atoms with van der Waals surface area (Å²) in [7, 11) is 1.55. The van der Waals surface area contributed by atoms with Crippen molar-refractivity contribution in [1.82, 2.24) is 4.98 Å². The third-order valence-electron chi connectivity index (χ3n) is 1.83. The molecule has 3 N–H and O–H groups in total. The number of methoxy groups -OCH3 is 1. The van der Waals surface area contributed by atoms with E-state index >= 15 is 0 Å². The van der Waals surface area contributed by atoms with Gasteiger partial charge in [-0.05, 0) is 13.0 Å². The molecule has 0 spiro atoms. The summed E-state index contributed by atoms with van der Waals surface area (Å²) in [5, 5.41) is 3.06. The number of carbonyl (C=O) groups is 1. The van der Waals surface area contributed by atoms with Crippen LogP contribution in [0.1, 0.15) is 13.3 Å². The highest BCUT2D eigenvalue weighted by atomic mass is 16.5. The van der Waals surface area contributed by atoms with Crippen LogP contribution in [0.25, 0.3) is 0 Å². The Labute approximate surface area is 88.6 Å². The Hall–Kier alpha value is -1.78. The first kappa shape index (κ1) is 11.3. The molecule has 0 saturated carbocycles. The van der Waals surface area contributed by atoms with E-state index < -0.39 is 0 Å². The quantitative estimate of drug-likeness (QED) is 0.750. The smallest absolute Gasteiger partial charge is 0.219 e. The molecule has 0 radical (unpaired) electrons. The molecule has 15 heavy (non-hydrogen) atoms. The summed E-state index contributed by atoms with van der Waals surface area (Å²) < 4.78 is 4.97. The molecule has 82 valence electrons. The number of ether oxygens (including phenoxy) is 1. The summed E-state index contributed by atoms with van der Waals surface area (Å²) in [4.78, 5) is 14.8. The van der Waals surface area contributed by atoms with Gasteiger partial charge in [0.15, 0.2) is 0 Å². The maximum Gasteiger partial charge on any atom is 0.219 e. The third-order valence-corrected chi connectivity index (χ3v) is 1.83. The summed E-state index contributed by atoms with van der Waals surface area (Å²) in [6.45, 7) is 1.87. The molecule has 1 aromatic heterocycles. The second-order valence-electron chi connectivity index (χ2n) is 3.28. The first-order valence-corrected chi connectivity index (χ1v) is 4.67. The van der Waals surface area contributed by atoms with Crippen molar-refractivity contribution in [3.05, 3.63) is 18.2 Å². The summed E-state index contributed by atoms with van der Waals surface area (Å²) in [6, 6.07) is 5.34. The van der Waals surface area contributed by atoms with Crippen LogP contribution in [-0.4, -0.2) is 24.0 Å². The number of nitrogens with one attached hydrogen (secondary N) is 1. The van der Waals surface area contributed by atoms with Gasteiger partial charge in [0.2, 0.25) is 11.8 Å². The van der Waals surface area contributed by atoms with Crippen molar-refractivity contribution in [2.75, 3.05) is 12.4 Å². The van der Waals surface area contributed by atoms with E-state index in [1.54, 1.807) is 19.2 Å². The van der Waals surface area contributed by atoms with Gasteiger partial charge in [0, 0.05) is 18.5 Å². The van der Waals surface area contributed by atoms with Gasteiger partial charge in [-0.15, -0.1) is 0 Å². The maximum absolute atomic E-state index is 10.7. The van der Waals surface area contributed by atoms with Crippen molar-refractivity contribution >= 4 is 11.7 Å². The number of aromatic nitrogens is 1. The minimum atomic E-state index is -0.335. The zero-order valence-electron chi connectivity index (χ0n) is 8.86. The van der Waals surface area contributed by atoms with Crippen LogP contribution in [-0.2, 0) is 4.79 Å². The zero-order valence-corrected chi connectivity index (χ0v) is 8.86. The van der Waals surface area contributed by atoms with E-state index in [0.717, 1.165) is 0 Å². The molecule has 0 bridgehead atoms. The summed E-state index contributed by atoms with van der Waals surface area (Å²) >= 11 is 0. The number of carbonyl (C=O) groups excluding carboxylic acids is 1. The lowest BCUT2D eigenvalue weighted by Crippen LogP contribution is -2.24. The molecular formula is C10H15N3O2. The monoisotopic (exact) mass is 209 g/mol. The fourth-order valence-electron chi connectivity index (χ4n) is 1.21. The van der Waals surface area contributed by atoms with Crippen LogP contribution in [0.2, 0.25) is 0 Å². The van der Waals surface area contributed by atoms with Crippen LogP contribution in [0.4, 0.5) is 5.82 Å². The second kappa shape index (κ2) is 5.19. The predicted octanol–water partition coefficient (Wildman–Crippen LogP) is 0.766. The average molecular weight is 209 g/mol. The van der Waals surface area contributed by atoms with Crippen LogP contribution in [0, 0.1) is 0 Å². The third kappa shape index (κ3) is 3.84. The molecule has 0 aliphatic heterocycles. The lowest BCUT2D eigenvalue weighted by molar-refractivity contribution is -0.118. The van der Waals surface area contributed by atoms with Gasteiger partial charge in [-0.1, -0.05) is 6.07 Å². The van der Waals surface area contributed by atoms with Crippen LogP contribution in [0.3, 0.4) is 0 Å². The Morgan fingerprint density at radius 2 is 2.40 bits per heavy atom. The second-order valence-corrected chi connectivity index (χ2v) is 3.28. The molecule has 5 heteroatoms. The number of rotatable bonds is 5. The fourth-order valence-corrected chi connectivity index (χ4v) is 1.21. The van der Waals surface area contributed by atoms with E-state index in [-0.39, 0.29) is 18.4 Å². The molecule has 0 aliphatic carbocycles. The Morgan fingerprint density at radius 3 is 3.00 bits per heavy atom. The largest absolute Gasteiger partial charge is 0.481 e. The Kier molecular flexibility index (Phi) is 3.91. The highest BCUT2D eigenvalue weighted by Gasteiger charge is 2.06. The lowest BCUT2D eigenvalue weighted by atomic mass is 10.2. The average Bonchev–Trinajstić information content (AvgIpc) is 2.16. The molecule has 1 unspecified atom stereocenters. The molecule has 5 nitrogen and oxygen atoms in total. The van der Waals surface area contributed by atoms with E-state index in [1.807, 2.05) is 13.0 Å². The van der Waals surface area contributed by atoms with Crippen molar-refractivity contribution in [2.24, 2.45) is 5.73 Å². The molecule has 0 aliphatic rings. The molecule has 1 rings (SSSR count). The number of nitrogens with zero attached hydrogens (tertiary/aromatic N) is 1. The highest BCUT2D eigenvalue weighted by molar-refractivity contribution is 5.74. The standard InChI is InChI=1S/C10H15N3O2/c1-7(6-8(11)14)12-9-4-3-5-10(13-9)15-2/h3-5,7H,6H2,1-2H3,(H2,11,14)(H,12,13). The normalized spacial score (nSPS) is 11.9. The molecule has 0 fully saturated rings. The summed E-state index contributed by atoms with van der Waals surface area (Å²) in [5.74, 6) is 0.868. The molecule has 1 heterocycles. The van der Waals surface area contributed by atoms with Crippen LogP contribution >= 0.6 is 0 Å². The summed E-state index contributed by atoms with van der Waals surface area (Å²) in [5.41, 5.74) is 5.08. The van der Waals surface area contributed by atoms with Gasteiger partial charge in [-0.3, -0.25) is 4.79 Å². The van der Waals surface area contributed by atoms with Gasteiger partial charge in [0.05, 0.1) is 7.11 Å². The molecule has 0 saturated heterocycles. The minimum Gasteiger partial charge on any atom is -0.481 e. The van der Waals surface area contributed by atoms with E-state index in [1.165, 1.54) is 0 Å². The van der Waals surface area contributed by atoms with Gasteiger partial charge in [0.25, 0.3) is 0 Å². The number of nitrogens with two attached hydrogens (primary N) is 1. The number of pyridine rings is 1. The molecule has 0 aromatic carbocycles. The Balaban J connectivity index is 2.59. The minimum absolute atomic E-state index is 0.0397. The van der Waals surface area contributed by atoms with Crippen molar-refractivity contribution in [2.45, 2.75) is 19.4 Å². The topological polar surface area (TPSA) is 77.2 Å². The fraction of sp³-hybridized carbons (Fsp3) is 0.400. The van der Waals surface area contributed by atoms with Crippen molar-refractivity contribution < 1.29 is 9.53 Å². The van der Waals surface area contributed by atoms with Crippen LogP contribution < -0.4 is 15.8 Å². The van der Waals surface area contributed by atoms with Crippen molar-refractivity contribution in [3.8, 4) is 5.88 Å². The molecular weight excluding hydrogens is 194 g/mol. The number of anilines is 1. The van der Waals surface area contributed by atoms with E-state index in [2.05, 4.69) is 10.3 Å². The number of hydrogen-bond donors (Lipinski definition) is 2. The van der Waals surface area contributed by atoms with Gasteiger partial charge in [0.1, 0.15) is 5.82 Å². The van der Waals surface area contributed by atoms with Gasteiger partial charge < -0.3 is 15.8 Å². The van der Waals surface area contributed by atoms with Crippen molar-refractivity contribution in [1.29, 1.82) is 0 Å². The SMILES string of the molecule is COc1cccc(NC(C)CC(N)=O)n1. The molecule has 1 atom stereocenters. The highest BCUT2D eigenvalue weighted by Crippen LogP contribution is 2.12. The van der Waals surface area contributed by atoms with E-state index in [4.69, 9.17) is 10.5 Å². The van der Waals surface area contributed by atoms with Crippen LogP contribution in [0.5, 0.6) is 5.88 Å². The first-order chi connectivity index (χ1) is 7.11. The van der Waals surface area contributed by atoms with Crippen LogP contribution in [0.15, 0.2) is 18.2 Å². The first-order valence-electron chi connectivity index (χ1n) is 4.67. The number of primary amides is 1. The Morgan fingerprint density at radius 1 is 1.67 bits per heavy atom. The van der Waals surface area contributed by atoms with E-state index in [9.17, 15) is 4.79 Å². The van der Waals surface area contributed by atoms with E-state index in [0.29, 0.717) is 11.7 Å². The van der Waals surface area contributed by atoms with Gasteiger partial charge in [-0.2, -0.15) is 4.98 Å². The van der Waals surface area contributed by atoms with Crippen molar-refractivity contribution in [3.63, 3.8) is 0 Å².